The van der Waals surface area contributed by atoms with Crippen molar-refractivity contribution < 1.29 is 14.6 Å². The number of ether oxygens (including phenoxy) is 1. The summed E-state index contributed by atoms with van der Waals surface area (Å²) in [6, 6.07) is 7.53. The molecule has 1 amide bonds. The van der Waals surface area contributed by atoms with Crippen molar-refractivity contribution in [2.24, 2.45) is 5.41 Å². The highest BCUT2D eigenvalue weighted by Gasteiger charge is 2.26. The van der Waals surface area contributed by atoms with Crippen molar-refractivity contribution in [3.8, 4) is 5.75 Å². The monoisotopic (exact) mass is 292 g/mol. The molecule has 5 nitrogen and oxygen atoms in total. The number of fused-ring (bicyclic) bond motifs is 1. The van der Waals surface area contributed by atoms with Crippen LogP contribution >= 0.6 is 0 Å². The predicted molar refractivity (Wildman–Crippen MR) is 82.4 cm³/mol. The highest BCUT2D eigenvalue weighted by molar-refractivity contribution is 5.83. The van der Waals surface area contributed by atoms with E-state index in [9.17, 15) is 9.90 Å². The highest BCUT2D eigenvalue weighted by atomic mass is 16.5. The number of aliphatic hydroxyl groups is 1. The Morgan fingerprint density at radius 1 is 1.48 bits per heavy atom. The van der Waals surface area contributed by atoms with Gasteiger partial charge in [-0.3, -0.25) is 4.79 Å². The summed E-state index contributed by atoms with van der Waals surface area (Å²) in [6.45, 7) is 6.85. The molecule has 2 atom stereocenters. The Morgan fingerprint density at radius 2 is 2.19 bits per heavy atom. The lowest BCUT2D eigenvalue weighted by atomic mass is 9.89. The molecule has 5 heteroatoms. The van der Waals surface area contributed by atoms with Crippen LogP contribution in [0.3, 0.4) is 0 Å². The molecule has 1 aliphatic rings. The van der Waals surface area contributed by atoms with Crippen molar-refractivity contribution in [2.75, 3.05) is 18.4 Å². The van der Waals surface area contributed by atoms with Crippen LogP contribution in [0.2, 0.25) is 0 Å². The summed E-state index contributed by atoms with van der Waals surface area (Å²) in [5, 5.41) is 15.8. The first-order valence-electron chi connectivity index (χ1n) is 7.30. The molecular weight excluding hydrogens is 268 g/mol. The lowest BCUT2D eigenvalue weighted by Gasteiger charge is -2.27. The molecule has 0 fully saturated rings. The van der Waals surface area contributed by atoms with Gasteiger partial charge in [0.05, 0.1) is 18.3 Å². The Kier molecular flexibility index (Phi) is 4.73. The van der Waals surface area contributed by atoms with Gasteiger partial charge in [-0.15, -0.1) is 0 Å². The molecule has 2 rings (SSSR count). The van der Waals surface area contributed by atoms with Crippen molar-refractivity contribution in [1.82, 2.24) is 5.32 Å². The van der Waals surface area contributed by atoms with Crippen LogP contribution in [-0.2, 0) is 4.79 Å². The smallest absolute Gasteiger partial charge is 0.263 e. The summed E-state index contributed by atoms with van der Waals surface area (Å²) in [5.41, 5.74) is 0.931. The highest BCUT2D eigenvalue weighted by Crippen LogP contribution is 2.28. The number of carbonyl (C=O) groups is 1. The first-order valence-corrected chi connectivity index (χ1v) is 7.30. The van der Waals surface area contributed by atoms with E-state index in [0.29, 0.717) is 18.7 Å². The quantitative estimate of drug-likeness (QED) is 0.791. The van der Waals surface area contributed by atoms with Gasteiger partial charge in [0.25, 0.3) is 5.91 Å². The fourth-order valence-corrected chi connectivity index (χ4v) is 2.37. The van der Waals surface area contributed by atoms with Crippen molar-refractivity contribution >= 4 is 11.6 Å². The summed E-state index contributed by atoms with van der Waals surface area (Å²) in [6.07, 6.45) is -0.473. The van der Waals surface area contributed by atoms with Gasteiger partial charge in [-0.05, 0) is 24.0 Å². The zero-order chi connectivity index (χ0) is 15.5. The molecule has 0 aliphatic carbocycles. The van der Waals surface area contributed by atoms with Gasteiger partial charge >= 0.3 is 0 Å². The second-order valence-corrected chi connectivity index (χ2v) is 6.65. The Balaban J connectivity index is 1.82. The summed E-state index contributed by atoms with van der Waals surface area (Å²) in [5.74, 6) is 0.476. The van der Waals surface area contributed by atoms with Crippen LogP contribution in [-0.4, -0.2) is 36.3 Å². The average Bonchev–Trinajstić information content (AvgIpc) is 2.42. The summed E-state index contributed by atoms with van der Waals surface area (Å²) in [7, 11) is 0. The molecule has 0 radical (unpaired) electrons. The first-order chi connectivity index (χ1) is 9.85. The van der Waals surface area contributed by atoms with Gasteiger partial charge < -0.3 is 20.5 Å². The molecule has 1 aliphatic heterocycles. The Morgan fingerprint density at radius 3 is 2.90 bits per heavy atom. The number of carbonyl (C=O) groups excluding carboxylic acids is 1. The van der Waals surface area contributed by atoms with Gasteiger partial charge in [-0.1, -0.05) is 32.9 Å². The fourth-order valence-electron chi connectivity index (χ4n) is 2.37. The van der Waals surface area contributed by atoms with E-state index in [1.165, 1.54) is 0 Å². The molecule has 116 valence electrons. The largest absolute Gasteiger partial charge is 0.477 e. The molecule has 2 unspecified atom stereocenters. The maximum atomic E-state index is 12.1. The lowest BCUT2D eigenvalue weighted by Crippen LogP contribution is -2.46. The number of aliphatic hydroxyl groups excluding tert-OH is 1. The van der Waals surface area contributed by atoms with E-state index in [2.05, 4.69) is 31.4 Å². The maximum Gasteiger partial charge on any atom is 0.263 e. The molecule has 0 bridgehead atoms. The third-order valence-corrected chi connectivity index (χ3v) is 3.29. The van der Waals surface area contributed by atoms with Crippen LogP contribution in [0.1, 0.15) is 27.2 Å². The van der Waals surface area contributed by atoms with Gasteiger partial charge in [-0.25, -0.2) is 0 Å². The van der Waals surface area contributed by atoms with E-state index < -0.39 is 12.2 Å². The zero-order valence-corrected chi connectivity index (χ0v) is 12.8. The third kappa shape index (κ3) is 4.63. The number of rotatable bonds is 4. The number of amides is 1. The van der Waals surface area contributed by atoms with Gasteiger partial charge in [0.2, 0.25) is 0 Å². The van der Waals surface area contributed by atoms with Crippen molar-refractivity contribution in [2.45, 2.75) is 39.4 Å². The van der Waals surface area contributed by atoms with Crippen LogP contribution in [0.15, 0.2) is 24.3 Å². The summed E-state index contributed by atoms with van der Waals surface area (Å²) < 4.78 is 5.67. The van der Waals surface area contributed by atoms with E-state index >= 15 is 0 Å². The SMILES string of the molecule is CC(C)(C)CC(O)CNC(=O)C1CNc2ccccc2O1. The first kappa shape index (κ1) is 15.6. The van der Waals surface area contributed by atoms with Crippen molar-refractivity contribution in [3.63, 3.8) is 0 Å². The number of nitrogens with one attached hydrogen (secondary N) is 2. The number of hydrogen-bond acceptors (Lipinski definition) is 4. The minimum Gasteiger partial charge on any atom is -0.477 e. The molecule has 1 aromatic rings. The normalized spacial score (nSPS) is 19.0. The third-order valence-electron chi connectivity index (χ3n) is 3.29. The maximum absolute atomic E-state index is 12.1. The second-order valence-electron chi connectivity index (χ2n) is 6.65. The van der Waals surface area contributed by atoms with Gasteiger partial charge in [0, 0.05) is 6.54 Å². The standard InChI is InChI=1S/C16H24N2O3/c1-16(2,3)8-11(19)9-18-15(20)14-10-17-12-6-4-5-7-13(12)21-14/h4-7,11,14,17,19H,8-10H2,1-3H3,(H,18,20). The van der Waals surface area contributed by atoms with Crippen LogP contribution in [0.5, 0.6) is 5.75 Å². The summed E-state index contributed by atoms with van der Waals surface area (Å²) in [4.78, 5) is 12.1. The number of hydrogen-bond donors (Lipinski definition) is 3. The molecule has 21 heavy (non-hydrogen) atoms. The molecule has 1 heterocycles. The van der Waals surface area contributed by atoms with Gasteiger partial charge in [0.1, 0.15) is 5.75 Å². The van der Waals surface area contributed by atoms with E-state index in [-0.39, 0.29) is 17.9 Å². The zero-order valence-electron chi connectivity index (χ0n) is 12.8. The minimum absolute atomic E-state index is 0.0337. The molecule has 0 saturated carbocycles. The molecule has 1 aromatic carbocycles. The molecule has 3 N–H and O–H groups in total. The van der Waals surface area contributed by atoms with Gasteiger partial charge in [0.15, 0.2) is 6.10 Å². The predicted octanol–water partition coefficient (Wildman–Crippen LogP) is 1.77. The van der Waals surface area contributed by atoms with Gasteiger partial charge in [-0.2, -0.15) is 0 Å². The van der Waals surface area contributed by atoms with E-state index in [1.54, 1.807) is 0 Å². The van der Waals surface area contributed by atoms with E-state index in [0.717, 1.165) is 5.69 Å². The Bertz CT molecular complexity index is 497. The molecule has 0 aromatic heterocycles. The molecule has 0 saturated heterocycles. The van der Waals surface area contributed by atoms with E-state index in [4.69, 9.17) is 4.74 Å². The molecular formula is C16H24N2O3. The number of anilines is 1. The minimum atomic E-state index is -0.568. The lowest BCUT2D eigenvalue weighted by molar-refractivity contribution is -0.128. The Hall–Kier alpha value is -1.75. The van der Waals surface area contributed by atoms with E-state index in [1.807, 2.05) is 24.3 Å². The Labute approximate surface area is 125 Å². The van der Waals surface area contributed by atoms with Crippen molar-refractivity contribution in [1.29, 1.82) is 0 Å². The number of para-hydroxylation sites is 2. The number of benzene rings is 1. The summed E-state index contributed by atoms with van der Waals surface area (Å²) >= 11 is 0. The average molecular weight is 292 g/mol. The topological polar surface area (TPSA) is 70.6 Å². The van der Waals surface area contributed by atoms with Crippen LogP contribution < -0.4 is 15.4 Å². The van der Waals surface area contributed by atoms with Crippen LogP contribution in [0.25, 0.3) is 0 Å². The van der Waals surface area contributed by atoms with Crippen LogP contribution in [0.4, 0.5) is 5.69 Å². The van der Waals surface area contributed by atoms with Crippen molar-refractivity contribution in [3.05, 3.63) is 24.3 Å². The second kappa shape index (κ2) is 6.35. The molecule has 0 spiro atoms. The fraction of sp³-hybridized carbons (Fsp3) is 0.562. The van der Waals surface area contributed by atoms with Crippen LogP contribution in [0, 0.1) is 5.41 Å².